The smallest absolute Gasteiger partial charge is 0.191 e. The number of hydrazone groups is 1. The first-order valence-electron chi connectivity index (χ1n) is 9.76. The summed E-state index contributed by atoms with van der Waals surface area (Å²) in [5.41, 5.74) is 6.57. The van der Waals surface area contributed by atoms with Gasteiger partial charge in [-0.3, -0.25) is 5.43 Å². The van der Waals surface area contributed by atoms with Crippen LogP contribution in [0.25, 0.3) is 0 Å². The van der Waals surface area contributed by atoms with Gasteiger partial charge in [0.15, 0.2) is 5.11 Å². The number of phenolic OH excluding ortho intramolecular Hbond substituents is 1. The van der Waals surface area contributed by atoms with Crippen LogP contribution in [0.15, 0.2) is 47.6 Å². The number of rotatable bonds is 2. The molecule has 0 aromatic heterocycles. The van der Waals surface area contributed by atoms with Gasteiger partial charge < -0.3 is 15.2 Å². The summed E-state index contributed by atoms with van der Waals surface area (Å²) in [7, 11) is 0. The predicted molar refractivity (Wildman–Crippen MR) is 116 cm³/mol. The van der Waals surface area contributed by atoms with Gasteiger partial charge in [-0.15, -0.1) is 0 Å². The topological polar surface area (TPSA) is 65.9 Å². The first kappa shape index (κ1) is 18.7. The molecule has 0 radical (unpaired) electrons. The number of aryl methyl sites for hydroxylation is 1. The number of phenols is 1. The lowest BCUT2D eigenvalue weighted by Gasteiger charge is -2.41. The van der Waals surface area contributed by atoms with E-state index in [0.717, 1.165) is 35.6 Å². The van der Waals surface area contributed by atoms with Crippen molar-refractivity contribution in [1.29, 1.82) is 0 Å². The van der Waals surface area contributed by atoms with Crippen molar-refractivity contribution in [3.63, 3.8) is 0 Å². The SMILES string of the molecule is Cc1ccc(NC(=S)NN=C2CC3(CCCCC3)Oc3ccc(O)cc32)cc1. The summed E-state index contributed by atoms with van der Waals surface area (Å²) in [5, 5.41) is 18.1. The number of hydrogen-bond acceptors (Lipinski definition) is 4. The number of hydrogen-bond donors (Lipinski definition) is 3. The van der Waals surface area contributed by atoms with Crippen molar-refractivity contribution >= 4 is 28.7 Å². The van der Waals surface area contributed by atoms with E-state index in [-0.39, 0.29) is 11.4 Å². The quantitative estimate of drug-likeness (QED) is 0.500. The molecule has 1 heterocycles. The number of benzene rings is 2. The summed E-state index contributed by atoms with van der Waals surface area (Å²) in [6.45, 7) is 2.05. The second kappa shape index (κ2) is 7.80. The van der Waals surface area contributed by atoms with Crippen LogP contribution in [-0.4, -0.2) is 21.5 Å². The van der Waals surface area contributed by atoms with E-state index in [0.29, 0.717) is 11.5 Å². The highest BCUT2D eigenvalue weighted by Gasteiger charge is 2.40. The highest BCUT2D eigenvalue weighted by molar-refractivity contribution is 7.80. The van der Waals surface area contributed by atoms with E-state index in [1.54, 1.807) is 12.1 Å². The van der Waals surface area contributed by atoms with Crippen LogP contribution in [0.3, 0.4) is 0 Å². The Morgan fingerprint density at radius 2 is 1.86 bits per heavy atom. The Labute approximate surface area is 170 Å². The summed E-state index contributed by atoms with van der Waals surface area (Å²) in [5.74, 6) is 0.985. The van der Waals surface area contributed by atoms with Crippen LogP contribution in [-0.2, 0) is 0 Å². The van der Waals surface area contributed by atoms with Crippen molar-refractivity contribution in [2.45, 2.75) is 51.0 Å². The molecular weight excluding hydrogens is 370 g/mol. The molecule has 1 aliphatic heterocycles. The number of fused-ring (bicyclic) bond motifs is 1. The second-order valence-electron chi connectivity index (χ2n) is 7.69. The Morgan fingerprint density at radius 3 is 2.61 bits per heavy atom. The molecule has 2 aromatic carbocycles. The molecule has 1 saturated carbocycles. The molecule has 0 bridgehead atoms. The molecule has 0 saturated heterocycles. The minimum atomic E-state index is -0.200. The summed E-state index contributed by atoms with van der Waals surface area (Å²) >= 11 is 5.40. The van der Waals surface area contributed by atoms with E-state index in [2.05, 4.69) is 15.8 Å². The summed E-state index contributed by atoms with van der Waals surface area (Å²) in [6.07, 6.45) is 6.35. The van der Waals surface area contributed by atoms with Crippen LogP contribution in [0, 0.1) is 6.92 Å². The number of nitrogens with one attached hydrogen (secondary N) is 2. The van der Waals surface area contributed by atoms with Crippen molar-refractivity contribution in [3.8, 4) is 11.5 Å². The fraction of sp³-hybridized carbons (Fsp3) is 0.364. The highest BCUT2D eigenvalue weighted by Crippen LogP contribution is 2.42. The van der Waals surface area contributed by atoms with Gasteiger partial charge in [-0.05, 0) is 75.2 Å². The molecule has 2 aromatic rings. The zero-order valence-corrected chi connectivity index (χ0v) is 16.8. The molecule has 4 rings (SSSR count). The third-order valence-corrected chi connectivity index (χ3v) is 5.65. The molecule has 0 amide bonds. The van der Waals surface area contributed by atoms with Crippen LogP contribution >= 0.6 is 12.2 Å². The molecule has 1 fully saturated rings. The monoisotopic (exact) mass is 395 g/mol. The molecule has 1 aliphatic carbocycles. The van der Waals surface area contributed by atoms with Crippen LogP contribution in [0.4, 0.5) is 5.69 Å². The lowest BCUT2D eigenvalue weighted by atomic mass is 9.78. The van der Waals surface area contributed by atoms with E-state index in [4.69, 9.17) is 17.0 Å². The zero-order valence-electron chi connectivity index (χ0n) is 16.0. The molecule has 146 valence electrons. The maximum Gasteiger partial charge on any atom is 0.191 e. The lowest BCUT2D eigenvalue weighted by Crippen LogP contribution is -2.44. The van der Waals surface area contributed by atoms with Crippen molar-refractivity contribution in [2.75, 3.05) is 5.32 Å². The Balaban J connectivity index is 1.55. The predicted octanol–water partition coefficient (Wildman–Crippen LogP) is 4.88. The van der Waals surface area contributed by atoms with Gasteiger partial charge in [-0.2, -0.15) is 5.10 Å². The normalized spacial score (nSPS) is 19.0. The van der Waals surface area contributed by atoms with Crippen molar-refractivity contribution in [1.82, 2.24) is 5.43 Å². The van der Waals surface area contributed by atoms with E-state index in [1.165, 1.54) is 24.8 Å². The molecule has 28 heavy (non-hydrogen) atoms. The Morgan fingerprint density at radius 1 is 1.11 bits per heavy atom. The lowest BCUT2D eigenvalue weighted by molar-refractivity contribution is 0.0320. The van der Waals surface area contributed by atoms with Gasteiger partial charge in [0.2, 0.25) is 0 Å². The standard InChI is InChI=1S/C22H25N3O2S/c1-15-5-7-16(8-6-15)23-21(28)25-24-19-14-22(11-3-2-4-12-22)27-20-10-9-17(26)13-18(19)20/h5-10,13,26H,2-4,11-12,14H2,1H3,(H2,23,25,28). The minimum absolute atomic E-state index is 0.200. The van der Waals surface area contributed by atoms with E-state index < -0.39 is 0 Å². The van der Waals surface area contributed by atoms with Crippen LogP contribution < -0.4 is 15.5 Å². The maximum atomic E-state index is 9.93. The minimum Gasteiger partial charge on any atom is -0.508 e. The van der Waals surface area contributed by atoms with Gasteiger partial charge >= 0.3 is 0 Å². The maximum absolute atomic E-state index is 9.93. The van der Waals surface area contributed by atoms with E-state index in [1.807, 2.05) is 37.3 Å². The van der Waals surface area contributed by atoms with Gasteiger partial charge in [0.1, 0.15) is 17.1 Å². The fourth-order valence-electron chi connectivity index (χ4n) is 3.99. The van der Waals surface area contributed by atoms with Gasteiger partial charge in [0.25, 0.3) is 0 Å². The Bertz CT molecular complexity index is 902. The number of anilines is 1. The number of nitrogens with zero attached hydrogens (tertiary/aromatic N) is 1. The molecule has 1 spiro atoms. The number of ether oxygens (including phenoxy) is 1. The Hall–Kier alpha value is -2.60. The van der Waals surface area contributed by atoms with Crippen molar-refractivity contribution < 1.29 is 9.84 Å². The van der Waals surface area contributed by atoms with Gasteiger partial charge in [-0.1, -0.05) is 24.1 Å². The number of thiocarbonyl (C=S) groups is 1. The molecule has 5 nitrogen and oxygen atoms in total. The molecule has 0 unspecified atom stereocenters. The highest BCUT2D eigenvalue weighted by atomic mass is 32.1. The second-order valence-corrected chi connectivity index (χ2v) is 8.10. The van der Waals surface area contributed by atoms with E-state index >= 15 is 0 Å². The van der Waals surface area contributed by atoms with E-state index in [9.17, 15) is 5.11 Å². The summed E-state index contributed by atoms with van der Waals surface area (Å²) in [6, 6.07) is 13.2. The summed E-state index contributed by atoms with van der Waals surface area (Å²) < 4.78 is 6.39. The van der Waals surface area contributed by atoms with Gasteiger partial charge in [-0.25, -0.2) is 0 Å². The molecular formula is C22H25N3O2S. The average Bonchev–Trinajstić information content (AvgIpc) is 2.69. The van der Waals surface area contributed by atoms with Gasteiger partial charge in [0.05, 0.1) is 5.71 Å². The number of aromatic hydroxyl groups is 1. The molecule has 3 N–H and O–H groups in total. The zero-order chi connectivity index (χ0) is 19.6. The van der Waals surface area contributed by atoms with Crippen LogP contribution in [0.1, 0.15) is 49.7 Å². The third-order valence-electron chi connectivity index (χ3n) is 5.46. The molecule has 2 aliphatic rings. The van der Waals surface area contributed by atoms with Crippen molar-refractivity contribution in [3.05, 3.63) is 53.6 Å². The first-order valence-corrected chi connectivity index (χ1v) is 10.2. The van der Waals surface area contributed by atoms with Gasteiger partial charge in [0, 0.05) is 17.7 Å². The summed E-state index contributed by atoms with van der Waals surface area (Å²) in [4.78, 5) is 0. The largest absolute Gasteiger partial charge is 0.508 e. The van der Waals surface area contributed by atoms with Crippen LogP contribution in [0.5, 0.6) is 11.5 Å². The third kappa shape index (κ3) is 4.12. The molecule has 6 heteroatoms. The molecule has 0 atom stereocenters. The van der Waals surface area contributed by atoms with Crippen molar-refractivity contribution in [2.24, 2.45) is 5.10 Å². The fourth-order valence-corrected chi connectivity index (χ4v) is 4.15. The average molecular weight is 396 g/mol. The van der Waals surface area contributed by atoms with Crippen LogP contribution in [0.2, 0.25) is 0 Å². The Kier molecular flexibility index (Phi) is 5.22. The first-order chi connectivity index (χ1) is 13.5.